The van der Waals surface area contributed by atoms with Crippen LogP contribution < -0.4 is 0 Å². The Hall–Kier alpha value is -0.130. The standard InChI is InChI=1S/C16H34O4S/c1-2-16(21(18,19)20)14-12-10-8-6-4-3-5-7-9-11-13-15-17/h16-17H,2-15H2,1H3,(H,18,19,20). The molecule has 0 aromatic carbocycles. The first-order valence-corrected chi connectivity index (χ1v) is 10.1. The van der Waals surface area contributed by atoms with E-state index in [1.807, 2.05) is 0 Å². The van der Waals surface area contributed by atoms with Crippen molar-refractivity contribution in [1.82, 2.24) is 0 Å². The first kappa shape index (κ1) is 20.9. The minimum absolute atomic E-state index is 0.316. The summed E-state index contributed by atoms with van der Waals surface area (Å²) in [5, 5.41) is 8.08. The first-order valence-electron chi connectivity index (χ1n) is 8.59. The third-order valence-electron chi connectivity index (χ3n) is 4.06. The summed E-state index contributed by atoms with van der Waals surface area (Å²) in [4.78, 5) is 0. The molecule has 21 heavy (non-hydrogen) atoms. The van der Waals surface area contributed by atoms with Crippen LogP contribution in [-0.4, -0.2) is 29.9 Å². The molecule has 0 amide bonds. The van der Waals surface area contributed by atoms with Gasteiger partial charge in [0, 0.05) is 6.61 Å². The summed E-state index contributed by atoms with van der Waals surface area (Å²) >= 11 is 0. The Morgan fingerprint density at radius 3 is 1.48 bits per heavy atom. The average molecular weight is 323 g/mol. The van der Waals surface area contributed by atoms with E-state index in [4.69, 9.17) is 9.66 Å². The van der Waals surface area contributed by atoms with Crippen LogP contribution in [0.2, 0.25) is 0 Å². The van der Waals surface area contributed by atoms with Gasteiger partial charge in [0.15, 0.2) is 0 Å². The van der Waals surface area contributed by atoms with Gasteiger partial charge in [-0.15, -0.1) is 0 Å². The van der Waals surface area contributed by atoms with Crippen molar-refractivity contribution < 1.29 is 18.1 Å². The van der Waals surface area contributed by atoms with Crippen LogP contribution in [0.5, 0.6) is 0 Å². The summed E-state index contributed by atoms with van der Waals surface area (Å²) in [6.07, 6.45) is 13.8. The molecule has 0 saturated carbocycles. The van der Waals surface area contributed by atoms with Crippen molar-refractivity contribution in [1.29, 1.82) is 0 Å². The minimum Gasteiger partial charge on any atom is -0.396 e. The van der Waals surface area contributed by atoms with Gasteiger partial charge in [-0.2, -0.15) is 8.42 Å². The molecule has 0 saturated heterocycles. The van der Waals surface area contributed by atoms with E-state index in [9.17, 15) is 8.42 Å². The van der Waals surface area contributed by atoms with E-state index in [1.54, 1.807) is 6.92 Å². The van der Waals surface area contributed by atoms with Gasteiger partial charge >= 0.3 is 0 Å². The Morgan fingerprint density at radius 1 is 0.762 bits per heavy atom. The van der Waals surface area contributed by atoms with Crippen LogP contribution in [0.1, 0.15) is 90.4 Å². The van der Waals surface area contributed by atoms with Crippen LogP contribution in [-0.2, 0) is 10.1 Å². The molecule has 1 atom stereocenters. The number of aliphatic hydroxyl groups excluding tert-OH is 1. The quantitative estimate of drug-likeness (QED) is 0.348. The van der Waals surface area contributed by atoms with Gasteiger partial charge in [0.05, 0.1) is 5.25 Å². The van der Waals surface area contributed by atoms with E-state index < -0.39 is 15.4 Å². The van der Waals surface area contributed by atoms with Crippen LogP contribution in [0.15, 0.2) is 0 Å². The van der Waals surface area contributed by atoms with Gasteiger partial charge in [-0.25, -0.2) is 0 Å². The smallest absolute Gasteiger partial charge is 0.267 e. The maximum absolute atomic E-state index is 11.0. The van der Waals surface area contributed by atoms with Gasteiger partial charge in [-0.05, 0) is 19.3 Å². The second-order valence-electron chi connectivity index (χ2n) is 5.95. The maximum Gasteiger partial charge on any atom is 0.267 e. The van der Waals surface area contributed by atoms with Crippen molar-refractivity contribution in [3.05, 3.63) is 0 Å². The predicted octanol–water partition coefficient (Wildman–Crippen LogP) is 4.33. The van der Waals surface area contributed by atoms with Gasteiger partial charge in [0.1, 0.15) is 0 Å². The third kappa shape index (κ3) is 13.3. The van der Waals surface area contributed by atoms with E-state index in [1.165, 1.54) is 38.5 Å². The van der Waals surface area contributed by atoms with E-state index in [-0.39, 0.29) is 0 Å². The monoisotopic (exact) mass is 322 g/mol. The summed E-state index contributed by atoms with van der Waals surface area (Å²) in [5.74, 6) is 0. The largest absolute Gasteiger partial charge is 0.396 e. The molecule has 0 aliphatic carbocycles. The molecule has 2 N–H and O–H groups in total. The Morgan fingerprint density at radius 2 is 1.14 bits per heavy atom. The molecule has 4 nitrogen and oxygen atoms in total. The fourth-order valence-corrected chi connectivity index (χ4v) is 3.52. The molecule has 0 bridgehead atoms. The molecule has 0 heterocycles. The Kier molecular flexibility index (Phi) is 13.4. The zero-order chi connectivity index (χ0) is 16.0. The van der Waals surface area contributed by atoms with Crippen LogP contribution in [0.3, 0.4) is 0 Å². The first-order chi connectivity index (χ1) is 10.0. The fraction of sp³-hybridized carbons (Fsp3) is 1.00. The van der Waals surface area contributed by atoms with Gasteiger partial charge in [0.2, 0.25) is 0 Å². The molecule has 0 aromatic rings. The summed E-state index contributed by atoms with van der Waals surface area (Å²) in [6, 6.07) is 0. The normalized spacial score (nSPS) is 13.5. The minimum atomic E-state index is -3.85. The van der Waals surface area contributed by atoms with Crippen molar-refractivity contribution in [3.63, 3.8) is 0 Å². The number of rotatable bonds is 15. The van der Waals surface area contributed by atoms with Crippen molar-refractivity contribution in [2.24, 2.45) is 0 Å². The van der Waals surface area contributed by atoms with Crippen LogP contribution in [0.4, 0.5) is 0 Å². The van der Waals surface area contributed by atoms with Gasteiger partial charge in [0.25, 0.3) is 10.1 Å². The summed E-state index contributed by atoms with van der Waals surface area (Å²) in [7, 11) is -3.85. The lowest BCUT2D eigenvalue weighted by Gasteiger charge is -2.10. The van der Waals surface area contributed by atoms with E-state index in [0.717, 1.165) is 32.1 Å². The Balaban J connectivity index is 3.29. The SMILES string of the molecule is CCC(CCCCCCCCCCCCCO)S(=O)(=O)O. The molecule has 0 aromatic heterocycles. The number of hydrogen-bond acceptors (Lipinski definition) is 3. The third-order valence-corrected chi connectivity index (χ3v) is 5.47. The van der Waals surface area contributed by atoms with Crippen LogP contribution >= 0.6 is 0 Å². The molecular formula is C16H34O4S. The second kappa shape index (κ2) is 13.5. The van der Waals surface area contributed by atoms with E-state index in [0.29, 0.717) is 19.4 Å². The number of hydrogen-bond donors (Lipinski definition) is 2. The molecule has 0 spiro atoms. The van der Waals surface area contributed by atoms with Crippen LogP contribution in [0, 0.1) is 0 Å². The Bertz CT molecular complexity index is 314. The maximum atomic E-state index is 11.0. The highest BCUT2D eigenvalue weighted by Gasteiger charge is 2.19. The Labute approximate surface area is 131 Å². The average Bonchev–Trinajstić information content (AvgIpc) is 2.42. The molecule has 0 fully saturated rings. The molecular weight excluding hydrogens is 288 g/mol. The predicted molar refractivity (Wildman–Crippen MR) is 88.1 cm³/mol. The van der Waals surface area contributed by atoms with Gasteiger partial charge in [-0.1, -0.05) is 71.1 Å². The van der Waals surface area contributed by atoms with Crippen LogP contribution in [0.25, 0.3) is 0 Å². The lowest BCUT2D eigenvalue weighted by Crippen LogP contribution is -2.19. The highest BCUT2D eigenvalue weighted by Crippen LogP contribution is 2.16. The van der Waals surface area contributed by atoms with E-state index >= 15 is 0 Å². The molecule has 0 aliphatic rings. The summed E-state index contributed by atoms with van der Waals surface area (Å²) in [5.41, 5.74) is 0. The number of aliphatic hydroxyl groups is 1. The summed E-state index contributed by atoms with van der Waals surface area (Å²) < 4.78 is 31.1. The zero-order valence-electron chi connectivity index (χ0n) is 13.6. The molecule has 0 radical (unpaired) electrons. The van der Waals surface area contributed by atoms with E-state index in [2.05, 4.69) is 0 Å². The van der Waals surface area contributed by atoms with Crippen molar-refractivity contribution in [2.45, 2.75) is 95.6 Å². The lowest BCUT2D eigenvalue weighted by molar-refractivity contribution is 0.282. The fourth-order valence-electron chi connectivity index (χ4n) is 2.64. The van der Waals surface area contributed by atoms with Gasteiger partial charge < -0.3 is 5.11 Å². The molecule has 5 heteroatoms. The highest BCUT2D eigenvalue weighted by molar-refractivity contribution is 7.86. The molecule has 0 aliphatic heterocycles. The molecule has 1 unspecified atom stereocenters. The molecule has 0 rings (SSSR count). The van der Waals surface area contributed by atoms with Crippen molar-refractivity contribution in [3.8, 4) is 0 Å². The topological polar surface area (TPSA) is 74.6 Å². The van der Waals surface area contributed by atoms with Crippen molar-refractivity contribution >= 4 is 10.1 Å². The lowest BCUT2D eigenvalue weighted by atomic mass is 10.0. The zero-order valence-corrected chi connectivity index (χ0v) is 14.4. The summed E-state index contributed by atoms with van der Waals surface area (Å²) in [6.45, 7) is 2.12. The van der Waals surface area contributed by atoms with Gasteiger partial charge in [-0.3, -0.25) is 4.55 Å². The highest BCUT2D eigenvalue weighted by atomic mass is 32.2. The molecule has 128 valence electrons. The van der Waals surface area contributed by atoms with Crippen molar-refractivity contribution in [2.75, 3.05) is 6.61 Å². The number of unbranched alkanes of at least 4 members (excludes halogenated alkanes) is 10. The second-order valence-corrected chi connectivity index (χ2v) is 7.64.